The molecule has 3 nitrogen and oxygen atoms in total. The van der Waals surface area contributed by atoms with E-state index in [9.17, 15) is 4.79 Å². The number of hydrogen-bond donors (Lipinski definition) is 0. The molecule has 1 heterocycles. The van der Waals surface area contributed by atoms with Gasteiger partial charge in [0.25, 0.3) is 0 Å². The van der Waals surface area contributed by atoms with Crippen LogP contribution in [0.15, 0.2) is 10.3 Å². The van der Waals surface area contributed by atoms with Gasteiger partial charge in [0.1, 0.15) is 5.51 Å². The van der Waals surface area contributed by atoms with Crippen molar-refractivity contribution in [3.8, 4) is 0 Å². The highest BCUT2D eigenvalue weighted by Crippen LogP contribution is 1.80. The zero-order valence-corrected chi connectivity index (χ0v) is 5.31. The molecular weight excluding hydrogens is 124 g/mol. The van der Waals surface area contributed by atoms with Gasteiger partial charge in [-0.25, -0.2) is 4.68 Å². The van der Waals surface area contributed by atoms with Crippen LogP contribution in [0.2, 0.25) is 0 Å². The van der Waals surface area contributed by atoms with Crippen molar-refractivity contribution in [3.63, 3.8) is 0 Å². The van der Waals surface area contributed by atoms with Crippen molar-refractivity contribution in [1.82, 2.24) is 9.78 Å². The minimum Gasteiger partial charge on any atom is -0.255 e. The van der Waals surface area contributed by atoms with Crippen LogP contribution in [0.4, 0.5) is 0 Å². The minimum atomic E-state index is 0.0208. The van der Waals surface area contributed by atoms with Crippen LogP contribution in [0.1, 0.15) is 6.92 Å². The lowest BCUT2D eigenvalue weighted by molar-refractivity contribution is 0.640. The molecule has 0 atom stereocenters. The first kappa shape index (κ1) is 5.50. The number of rotatable bonds is 1. The van der Waals surface area contributed by atoms with Crippen LogP contribution in [0.25, 0.3) is 0 Å². The first-order chi connectivity index (χ1) is 3.84. The lowest BCUT2D eigenvalue weighted by atomic mass is 10.8. The van der Waals surface area contributed by atoms with Gasteiger partial charge in [-0.15, -0.1) is 0 Å². The number of aryl methyl sites for hydroxylation is 1. The van der Waals surface area contributed by atoms with Gasteiger partial charge in [0.2, 0.25) is 0 Å². The van der Waals surface area contributed by atoms with Gasteiger partial charge in [-0.1, -0.05) is 11.3 Å². The fourth-order valence-corrected chi connectivity index (χ4v) is 0.993. The van der Waals surface area contributed by atoms with E-state index < -0.39 is 0 Å². The van der Waals surface area contributed by atoms with E-state index in [0.29, 0.717) is 6.54 Å². The van der Waals surface area contributed by atoms with E-state index in [-0.39, 0.29) is 4.87 Å². The fraction of sp³-hybridized carbons (Fsp3) is 0.500. The molecule has 1 rings (SSSR count). The molecule has 0 aliphatic rings. The Labute approximate surface area is 50.6 Å². The first-order valence-corrected chi connectivity index (χ1v) is 3.23. The second-order valence-electron chi connectivity index (χ2n) is 1.32. The monoisotopic (exact) mass is 130 g/mol. The third-order valence-electron chi connectivity index (χ3n) is 0.850. The molecule has 0 amide bonds. The van der Waals surface area contributed by atoms with Gasteiger partial charge < -0.3 is 0 Å². The van der Waals surface area contributed by atoms with Crippen molar-refractivity contribution in [2.75, 3.05) is 0 Å². The Kier molecular flexibility index (Phi) is 1.43. The molecule has 0 aliphatic heterocycles. The van der Waals surface area contributed by atoms with E-state index in [0.717, 1.165) is 11.3 Å². The molecule has 1 aromatic rings. The summed E-state index contributed by atoms with van der Waals surface area (Å²) in [6.07, 6.45) is 0. The van der Waals surface area contributed by atoms with Crippen LogP contribution >= 0.6 is 11.3 Å². The fourth-order valence-electron chi connectivity index (χ4n) is 0.444. The molecule has 4 heteroatoms. The molecule has 0 saturated carbocycles. The van der Waals surface area contributed by atoms with E-state index in [1.165, 1.54) is 4.68 Å². The lowest BCUT2D eigenvalue weighted by Gasteiger charge is -1.85. The van der Waals surface area contributed by atoms with E-state index in [4.69, 9.17) is 0 Å². The Morgan fingerprint density at radius 1 is 2.00 bits per heavy atom. The first-order valence-electron chi connectivity index (χ1n) is 2.35. The maximum atomic E-state index is 10.6. The van der Waals surface area contributed by atoms with Gasteiger partial charge in [-0.3, -0.25) is 4.79 Å². The van der Waals surface area contributed by atoms with E-state index >= 15 is 0 Å². The van der Waals surface area contributed by atoms with Crippen LogP contribution in [0.5, 0.6) is 0 Å². The molecule has 0 unspecified atom stereocenters. The molecule has 8 heavy (non-hydrogen) atoms. The van der Waals surface area contributed by atoms with Crippen LogP contribution in [-0.4, -0.2) is 9.78 Å². The number of nitrogens with zero attached hydrogens (tertiary/aromatic N) is 2. The van der Waals surface area contributed by atoms with Crippen molar-refractivity contribution < 1.29 is 0 Å². The molecule has 0 saturated heterocycles. The summed E-state index contributed by atoms with van der Waals surface area (Å²) in [5, 5.41) is 3.76. The zero-order chi connectivity index (χ0) is 5.98. The molecule has 0 N–H and O–H groups in total. The summed E-state index contributed by atoms with van der Waals surface area (Å²) in [5.74, 6) is 0. The molecule has 0 radical (unpaired) electrons. The molecule has 44 valence electrons. The smallest absolute Gasteiger partial charge is 0.255 e. The topological polar surface area (TPSA) is 34.9 Å². The Balaban J connectivity index is 3.11. The van der Waals surface area contributed by atoms with Gasteiger partial charge >= 0.3 is 4.87 Å². The molecule has 0 aliphatic carbocycles. The summed E-state index contributed by atoms with van der Waals surface area (Å²) in [4.78, 5) is 10.6. The summed E-state index contributed by atoms with van der Waals surface area (Å²) in [6.45, 7) is 2.56. The third-order valence-corrected chi connectivity index (χ3v) is 1.46. The van der Waals surface area contributed by atoms with Crippen molar-refractivity contribution in [2.24, 2.45) is 0 Å². The van der Waals surface area contributed by atoms with Crippen LogP contribution in [0.3, 0.4) is 0 Å². The van der Waals surface area contributed by atoms with Gasteiger partial charge in [0.05, 0.1) is 0 Å². The molecule has 0 spiro atoms. The highest BCUT2D eigenvalue weighted by Gasteiger charge is 1.90. The second kappa shape index (κ2) is 2.09. The van der Waals surface area contributed by atoms with Crippen molar-refractivity contribution in [1.29, 1.82) is 0 Å². The predicted molar refractivity (Wildman–Crippen MR) is 32.0 cm³/mol. The average molecular weight is 130 g/mol. The van der Waals surface area contributed by atoms with Crippen molar-refractivity contribution in [2.45, 2.75) is 13.5 Å². The Hall–Kier alpha value is -0.640. The van der Waals surface area contributed by atoms with Gasteiger partial charge in [0.15, 0.2) is 0 Å². The normalized spacial score (nSPS) is 9.62. The quantitative estimate of drug-likeness (QED) is 0.549. The summed E-state index contributed by atoms with van der Waals surface area (Å²) in [5.41, 5.74) is 1.55. The van der Waals surface area contributed by atoms with Crippen LogP contribution in [-0.2, 0) is 6.54 Å². The van der Waals surface area contributed by atoms with Crippen LogP contribution < -0.4 is 4.87 Å². The molecule has 0 bridgehead atoms. The summed E-state index contributed by atoms with van der Waals surface area (Å²) >= 11 is 1.13. The van der Waals surface area contributed by atoms with E-state index in [2.05, 4.69) is 5.10 Å². The lowest BCUT2D eigenvalue weighted by Crippen LogP contribution is -2.12. The molecular formula is C4H6N2OS. The largest absolute Gasteiger partial charge is 0.324 e. The Bertz CT molecular complexity index is 214. The summed E-state index contributed by atoms with van der Waals surface area (Å²) in [6, 6.07) is 0. The Morgan fingerprint density at radius 3 is 3.00 bits per heavy atom. The maximum absolute atomic E-state index is 10.6. The number of aromatic nitrogens is 2. The average Bonchev–Trinajstić information content (AvgIpc) is 2.14. The summed E-state index contributed by atoms with van der Waals surface area (Å²) < 4.78 is 1.42. The Morgan fingerprint density at radius 2 is 2.75 bits per heavy atom. The van der Waals surface area contributed by atoms with Crippen molar-refractivity contribution in [3.05, 3.63) is 15.2 Å². The second-order valence-corrected chi connectivity index (χ2v) is 2.12. The molecule has 0 aromatic carbocycles. The SMILES string of the molecule is CCn1ncsc1=O. The maximum Gasteiger partial charge on any atom is 0.324 e. The molecule has 1 aromatic heterocycles. The third kappa shape index (κ3) is 0.790. The van der Waals surface area contributed by atoms with E-state index in [1.807, 2.05) is 6.92 Å². The predicted octanol–water partition coefficient (Wildman–Crippen LogP) is 0.325. The summed E-state index contributed by atoms with van der Waals surface area (Å²) in [7, 11) is 0. The highest BCUT2D eigenvalue weighted by molar-refractivity contribution is 7.06. The van der Waals surface area contributed by atoms with Crippen molar-refractivity contribution >= 4 is 11.3 Å². The molecule has 0 fully saturated rings. The van der Waals surface area contributed by atoms with E-state index in [1.54, 1.807) is 5.51 Å². The van der Waals surface area contributed by atoms with Gasteiger partial charge in [-0.2, -0.15) is 5.10 Å². The van der Waals surface area contributed by atoms with Gasteiger partial charge in [-0.05, 0) is 6.92 Å². The standard InChI is InChI=1S/C4H6N2OS/c1-2-6-4(7)8-3-5-6/h3H,2H2,1H3. The zero-order valence-electron chi connectivity index (χ0n) is 4.50. The van der Waals surface area contributed by atoms with Crippen LogP contribution in [0, 0.1) is 0 Å². The highest BCUT2D eigenvalue weighted by atomic mass is 32.1. The number of hydrogen-bond acceptors (Lipinski definition) is 3. The minimum absolute atomic E-state index is 0.0208. The van der Waals surface area contributed by atoms with Gasteiger partial charge in [0, 0.05) is 6.54 Å².